The van der Waals surface area contributed by atoms with Gasteiger partial charge in [-0.1, -0.05) is 41.5 Å². The van der Waals surface area contributed by atoms with Gasteiger partial charge in [0.05, 0.1) is 12.9 Å². The molecule has 2 aromatic rings. The van der Waals surface area contributed by atoms with Gasteiger partial charge in [0, 0.05) is 0 Å². The number of para-hydroxylation sites is 1. The van der Waals surface area contributed by atoms with Crippen LogP contribution in [0, 0.1) is 13.8 Å². The molecule has 2 rings (SSSR count). The minimum absolute atomic E-state index is 0.0180. The van der Waals surface area contributed by atoms with Crippen LogP contribution in [0.2, 0.25) is 0 Å². The largest absolute Gasteiger partial charge is 0.495 e. The van der Waals surface area contributed by atoms with Crippen LogP contribution >= 0.6 is 0 Å². The number of ether oxygens (including phenoxy) is 1. The lowest BCUT2D eigenvalue weighted by molar-refractivity contribution is 0.402. The lowest BCUT2D eigenvalue weighted by Gasteiger charge is -2.10. The molecule has 0 atom stereocenters. The third kappa shape index (κ3) is 3.20. The average molecular weight is 290 g/mol. The molecule has 0 aliphatic carbocycles. The van der Waals surface area contributed by atoms with Crippen molar-refractivity contribution in [2.24, 2.45) is 0 Å². The Labute approximate surface area is 120 Å². The minimum Gasteiger partial charge on any atom is -0.495 e. The molecule has 0 saturated carbocycles. The quantitative estimate of drug-likeness (QED) is 0.868. The van der Waals surface area contributed by atoms with Crippen molar-refractivity contribution in [1.29, 1.82) is 0 Å². The van der Waals surface area contributed by atoms with Crippen LogP contribution in [-0.4, -0.2) is 15.5 Å². The van der Waals surface area contributed by atoms with Crippen molar-refractivity contribution in [3.63, 3.8) is 0 Å². The van der Waals surface area contributed by atoms with Crippen LogP contribution < -0.4 is 4.74 Å². The van der Waals surface area contributed by atoms with Crippen LogP contribution in [0.15, 0.2) is 47.4 Å². The van der Waals surface area contributed by atoms with E-state index >= 15 is 0 Å². The van der Waals surface area contributed by atoms with Gasteiger partial charge in [-0.25, -0.2) is 8.42 Å². The van der Waals surface area contributed by atoms with E-state index in [1.807, 2.05) is 32.0 Å². The standard InChI is InChI=1S/C16H18O3S/c1-12-8-13(2)10-14(9-12)11-20(17,18)16-7-5-4-6-15(16)19-3/h4-10H,11H2,1-3H3. The van der Waals surface area contributed by atoms with E-state index in [0.717, 1.165) is 16.7 Å². The van der Waals surface area contributed by atoms with Crippen molar-refractivity contribution in [2.75, 3.05) is 7.11 Å². The number of hydrogen-bond donors (Lipinski definition) is 0. The molecule has 106 valence electrons. The topological polar surface area (TPSA) is 43.4 Å². The van der Waals surface area contributed by atoms with Crippen LogP contribution in [-0.2, 0) is 15.6 Å². The van der Waals surface area contributed by atoms with Gasteiger partial charge >= 0.3 is 0 Å². The molecule has 0 aromatic heterocycles. The molecular formula is C16H18O3S. The molecule has 0 radical (unpaired) electrons. The SMILES string of the molecule is COc1ccccc1S(=O)(=O)Cc1cc(C)cc(C)c1. The molecule has 0 aliphatic heterocycles. The fourth-order valence-electron chi connectivity index (χ4n) is 2.33. The number of aryl methyl sites for hydroxylation is 2. The summed E-state index contributed by atoms with van der Waals surface area (Å²) in [4.78, 5) is 0.238. The molecule has 3 nitrogen and oxygen atoms in total. The van der Waals surface area contributed by atoms with Crippen molar-refractivity contribution in [3.05, 3.63) is 59.2 Å². The summed E-state index contributed by atoms with van der Waals surface area (Å²) in [6, 6.07) is 12.5. The number of methoxy groups -OCH3 is 1. The molecule has 0 unspecified atom stereocenters. The van der Waals surface area contributed by atoms with Crippen molar-refractivity contribution < 1.29 is 13.2 Å². The molecule has 20 heavy (non-hydrogen) atoms. The van der Waals surface area contributed by atoms with E-state index in [1.54, 1.807) is 24.3 Å². The monoisotopic (exact) mass is 290 g/mol. The summed E-state index contributed by atoms with van der Waals surface area (Å²) >= 11 is 0. The van der Waals surface area contributed by atoms with Crippen LogP contribution in [0.5, 0.6) is 5.75 Å². The second-order valence-corrected chi connectivity index (χ2v) is 6.86. The molecule has 0 bridgehead atoms. The first-order valence-corrected chi connectivity index (χ1v) is 8.00. The number of benzene rings is 2. The number of hydrogen-bond acceptors (Lipinski definition) is 3. The lowest BCUT2D eigenvalue weighted by atomic mass is 10.1. The predicted octanol–water partition coefficient (Wildman–Crippen LogP) is 3.29. The summed E-state index contributed by atoms with van der Waals surface area (Å²) in [5.74, 6) is 0.368. The fourth-order valence-corrected chi connectivity index (χ4v) is 3.83. The molecule has 0 heterocycles. The van der Waals surface area contributed by atoms with E-state index in [1.165, 1.54) is 7.11 Å². The third-order valence-corrected chi connectivity index (χ3v) is 4.76. The van der Waals surface area contributed by atoms with Crippen LogP contribution in [0.3, 0.4) is 0 Å². The lowest BCUT2D eigenvalue weighted by Crippen LogP contribution is -2.07. The Morgan fingerprint density at radius 3 is 2.20 bits per heavy atom. The highest BCUT2D eigenvalue weighted by atomic mass is 32.2. The summed E-state index contributed by atoms with van der Waals surface area (Å²) in [7, 11) is -1.94. The van der Waals surface area contributed by atoms with Gasteiger partial charge in [-0.15, -0.1) is 0 Å². The van der Waals surface area contributed by atoms with Crippen LogP contribution in [0.25, 0.3) is 0 Å². The van der Waals surface area contributed by atoms with Gasteiger partial charge in [-0.2, -0.15) is 0 Å². The predicted molar refractivity (Wildman–Crippen MR) is 79.8 cm³/mol. The van der Waals surface area contributed by atoms with E-state index in [-0.39, 0.29) is 10.6 Å². The first kappa shape index (κ1) is 14.6. The molecule has 0 aliphatic rings. The minimum atomic E-state index is -3.41. The molecule has 2 aromatic carbocycles. The maximum absolute atomic E-state index is 12.5. The molecule has 4 heteroatoms. The zero-order chi connectivity index (χ0) is 14.8. The van der Waals surface area contributed by atoms with Crippen LogP contribution in [0.1, 0.15) is 16.7 Å². The van der Waals surface area contributed by atoms with Gasteiger partial charge in [0.15, 0.2) is 9.84 Å². The molecule has 0 N–H and O–H groups in total. The van der Waals surface area contributed by atoms with Gasteiger partial charge in [-0.05, 0) is 31.5 Å². The summed E-state index contributed by atoms with van der Waals surface area (Å²) in [6.07, 6.45) is 0. The number of rotatable bonds is 4. The van der Waals surface area contributed by atoms with Gasteiger partial charge in [0.25, 0.3) is 0 Å². The Morgan fingerprint density at radius 2 is 1.60 bits per heavy atom. The highest BCUT2D eigenvalue weighted by Crippen LogP contribution is 2.26. The Balaban J connectivity index is 2.41. The molecule has 0 amide bonds. The second kappa shape index (κ2) is 5.67. The van der Waals surface area contributed by atoms with Crippen molar-refractivity contribution in [2.45, 2.75) is 24.5 Å². The van der Waals surface area contributed by atoms with Crippen molar-refractivity contribution in [1.82, 2.24) is 0 Å². The summed E-state index contributed by atoms with van der Waals surface area (Å²) < 4.78 is 30.2. The molecule has 0 spiro atoms. The van der Waals surface area contributed by atoms with E-state index in [2.05, 4.69) is 0 Å². The van der Waals surface area contributed by atoms with E-state index in [0.29, 0.717) is 5.75 Å². The average Bonchev–Trinajstić information content (AvgIpc) is 2.36. The first-order valence-electron chi connectivity index (χ1n) is 6.35. The van der Waals surface area contributed by atoms with E-state index < -0.39 is 9.84 Å². The molecular weight excluding hydrogens is 272 g/mol. The van der Waals surface area contributed by atoms with Crippen LogP contribution in [0.4, 0.5) is 0 Å². The highest BCUT2D eigenvalue weighted by molar-refractivity contribution is 7.90. The Kier molecular flexibility index (Phi) is 4.14. The maximum Gasteiger partial charge on any atom is 0.186 e. The van der Waals surface area contributed by atoms with Gasteiger partial charge in [-0.3, -0.25) is 0 Å². The Morgan fingerprint density at radius 1 is 1.00 bits per heavy atom. The van der Waals surface area contributed by atoms with Gasteiger partial charge in [0.1, 0.15) is 10.6 Å². The number of sulfone groups is 1. The van der Waals surface area contributed by atoms with E-state index in [9.17, 15) is 8.42 Å². The Hall–Kier alpha value is -1.81. The van der Waals surface area contributed by atoms with Gasteiger partial charge < -0.3 is 4.74 Å². The van der Waals surface area contributed by atoms with Crippen molar-refractivity contribution in [3.8, 4) is 5.75 Å². The van der Waals surface area contributed by atoms with E-state index in [4.69, 9.17) is 4.74 Å². The van der Waals surface area contributed by atoms with Crippen molar-refractivity contribution >= 4 is 9.84 Å². The molecule has 0 fully saturated rings. The van der Waals surface area contributed by atoms with Gasteiger partial charge in [0.2, 0.25) is 0 Å². The zero-order valence-electron chi connectivity index (χ0n) is 11.9. The normalized spacial score (nSPS) is 11.3. The Bertz CT molecular complexity index is 698. The highest BCUT2D eigenvalue weighted by Gasteiger charge is 2.19. The fraction of sp³-hybridized carbons (Fsp3) is 0.250. The molecule has 0 saturated heterocycles. The zero-order valence-corrected chi connectivity index (χ0v) is 12.7. The summed E-state index contributed by atoms with van der Waals surface area (Å²) in [5.41, 5.74) is 2.93. The summed E-state index contributed by atoms with van der Waals surface area (Å²) in [5, 5.41) is 0. The summed E-state index contributed by atoms with van der Waals surface area (Å²) in [6.45, 7) is 3.93. The third-order valence-electron chi connectivity index (χ3n) is 3.04. The maximum atomic E-state index is 12.5. The first-order chi connectivity index (χ1) is 9.42. The smallest absolute Gasteiger partial charge is 0.186 e. The second-order valence-electron chi connectivity index (χ2n) is 4.91.